The van der Waals surface area contributed by atoms with Crippen molar-refractivity contribution in [3.05, 3.63) is 34.2 Å². The maximum Gasteiger partial charge on any atom is 0.218 e. The topological polar surface area (TPSA) is 41.1 Å². The molecule has 3 nitrogen and oxygen atoms in total. The van der Waals surface area contributed by atoms with Crippen LogP contribution in [0, 0.1) is 0 Å². The molecule has 4 heteroatoms. The fourth-order valence-electron chi connectivity index (χ4n) is 1.19. The number of rotatable bonds is 2. The molecule has 0 bridgehead atoms. The molecule has 1 aliphatic rings. The number of ketones is 1. The Kier molecular flexibility index (Phi) is 2.42. The van der Waals surface area contributed by atoms with E-state index in [1.54, 1.807) is 0 Å². The van der Waals surface area contributed by atoms with Gasteiger partial charge in [0.25, 0.3) is 0 Å². The van der Waals surface area contributed by atoms with E-state index in [2.05, 4.69) is 10.6 Å². The minimum atomic E-state index is 0.0940. The highest BCUT2D eigenvalue weighted by molar-refractivity contribution is 7.12. The van der Waals surface area contributed by atoms with Crippen LogP contribution >= 0.6 is 11.3 Å². The molecule has 0 aromatic carbocycles. The average molecular weight is 194 g/mol. The Morgan fingerprint density at radius 2 is 2.46 bits per heavy atom. The van der Waals surface area contributed by atoms with Crippen molar-refractivity contribution in [2.45, 2.75) is 0 Å². The Balaban J connectivity index is 2.17. The number of Topliss-reactive ketones (excluding diaryl/α,β-unsaturated/α-hetero) is 1. The first-order valence-corrected chi connectivity index (χ1v) is 4.99. The molecule has 1 aromatic heterocycles. The van der Waals surface area contributed by atoms with Crippen molar-refractivity contribution in [1.29, 1.82) is 0 Å². The van der Waals surface area contributed by atoms with Gasteiger partial charge in [-0.25, -0.2) is 0 Å². The van der Waals surface area contributed by atoms with Crippen LogP contribution in [0.15, 0.2) is 29.3 Å². The largest absolute Gasteiger partial charge is 0.369 e. The van der Waals surface area contributed by atoms with Crippen LogP contribution in [-0.4, -0.2) is 19.0 Å². The highest BCUT2D eigenvalue weighted by Crippen LogP contribution is 2.13. The summed E-state index contributed by atoms with van der Waals surface area (Å²) in [5.41, 5.74) is 0.709. The second-order valence-electron chi connectivity index (χ2n) is 2.73. The van der Waals surface area contributed by atoms with E-state index >= 15 is 0 Å². The quantitative estimate of drug-likeness (QED) is 0.689. The van der Waals surface area contributed by atoms with Crippen molar-refractivity contribution >= 4 is 17.1 Å². The summed E-state index contributed by atoms with van der Waals surface area (Å²) in [6, 6.07) is 3.73. The third-order valence-corrected chi connectivity index (χ3v) is 2.71. The molecule has 0 aliphatic carbocycles. The van der Waals surface area contributed by atoms with Gasteiger partial charge in [0, 0.05) is 6.54 Å². The van der Waals surface area contributed by atoms with Crippen LogP contribution in [-0.2, 0) is 0 Å². The van der Waals surface area contributed by atoms with Gasteiger partial charge in [0.05, 0.1) is 17.2 Å². The van der Waals surface area contributed by atoms with Gasteiger partial charge in [0.2, 0.25) is 5.78 Å². The summed E-state index contributed by atoms with van der Waals surface area (Å²) in [6.45, 7) is 1.43. The standard InChI is InChI=1S/C9H10N2OS/c12-9(8-2-1-5-13-8)7-3-4-10-6-11-7/h1-3,5,10-11H,4,6H2. The molecule has 0 spiro atoms. The molecule has 2 rings (SSSR count). The summed E-state index contributed by atoms with van der Waals surface area (Å²) in [7, 11) is 0. The predicted octanol–water partition coefficient (Wildman–Crippen LogP) is 0.965. The van der Waals surface area contributed by atoms with Crippen molar-refractivity contribution in [1.82, 2.24) is 10.6 Å². The van der Waals surface area contributed by atoms with Gasteiger partial charge in [-0.2, -0.15) is 0 Å². The third-order valence-electron chi connectivity index (χ3n) is 1.84. The van der Waals surface area contributed by atoms with E-state index < -0.39 is 0 Å². The highest BCUT2D eigenvalue weighted by Gasteiger charge is 2.13. The van der Waals surface area contributed by atoms with Gasteiger partial charge in [-0.05, 0) is 17.5 Å². The van der Waals surface area contributed by atoms with E-state index in [0.717, 1.165) is 11.4 Å². The minimum absolute atomic E-state index is 0.0940. The zero-order chi connectivity index (χ0) is 9.10. The molecule has 68 valence electrons. The van der Waals surface area contributed by atoms with Crippen LogP contribution in [0.4, 0.5) is 0 Å². The molecule has 0 amide bonds. The van der Waals surface area contributed by atoms with Gasteiger partial charge in [0.1, 0.15) is 0 Å². The number of carbonyl (C=O) groups excluding carboxylic acids is 1. The predicted molar refractivity (Wildman–Crippen MR) is 52.7 cm³/mol. The summed E-state index contributed by atoms with van der Waals surface area (Å²) >= 11 is 1.47. The number of carbonyl (C=O) groups is 1. The molecule has 0 unspecified atom stereocenters. The van der Waals surface area contributed by atoms with Gasteiger partial charge in [-0.15, -0.1) is 11.3 Å². The molecule has 0 radical (unpaired) electrons. The minimum Gasteiger partial charge on any atom is -0.369 e. The van der Waals surface area contributed by atoms with E-state index in [-0.39, 0.29) is 5.78 Å². The van der Waals surface area contributed by atoms with Crippen LogP contribution in [0.1, 0.15) is 9.67 Å². The van der Waals surface area contributed by atoms with Gasteiger partial charge in [0.15, 0.2) is 0 Å². The van der Waals surface area contributed by atoms with Crippen molar-refractivity contribution in [3.63, 3.8) is 0 Å². The van der Waals surface area contributed by atoms with Crippen LogP contribution in [0.5, 0.6) is 0 Å². The maximum atomic E-state index is 11.7. The SMILES string of the molecule is O=C(C1=CCNCN1)c1cccs1. The first-order valence-electron chi connectivity index (χ1n) is 4.11. The summed E-state index contributed by atoms with van der Waals surface area (Å²) in [5.74, 6) is 0.0940. The fourth-order valence-corrected chi connectivity index (χ4v) is 1.87. The van der Waals surface area contributed by atoms with Gasteiger partial charge in [-0.3, -0.25) is 10.1 Å². The molecule has 0 atom stereocenters. The Morgan fingerprint density at radius 1 is 1.54 bits per heavy atom. The summed E-state index contributed by atoms with van der Waals surface area (Å²) in [5, 5.41) is 8.00. The Morgan fingerprint density at radius 3 is 3.08 bits per heavy atom. The van der Waals surface area contributed by atoms with E-state index in [0.29, 0.717) is 12.4 Å². The first-order chi connectivity index (χ1) is 6.38. The molecule has 0 saturated carbocycles. The van der Waals surface area contributed by atoms with Crippen molar-refractivity contribution in [2.24, 2.45) is 0 Å². The number of thiophene rings is 1. The van der Waals surface area contributed by atoms with E-state index in [1.165, 1.54) is 11.3 Å². The molecule has 2 heterocycles. The zero-order valence-electron chi connectivity index (χ0n) is 7.04. The third kappa shape index (κ3) is 1.79. The number of nitrogens with one attached hydrogen (secondary N) is 2. The van der Waals surface area contributed by atoms with E-state index in [9.17, 15) is 4.79 Å². The van der Waals surface area contributed by atoms with Crippen LogP contribution in [0.25, 0.3) is 0 Å². The monoisotopic (exact) mass is 194 g/mol. The normalized spacial score (nSPS) is 16.2. The van der Waals surface area contributed by atoms with Crippen LogP contribution in [0.2, 0.25) is 0 Å². The second kappa shape index (κ2) is 3.72. The Labute approximate surface area is 80.5 Å². The van der Waals surface area contributed by atoms with Crippen molar-refractivity contribution < 1.29 is 4.79 Å². The summed E-state index contributed by atoms with van der Waals surface area (Å²) < 4.78 is 0. The average Bonchev–Trinajstić information content (AvgIpc) is 2.71. The highest BCUT2D eigenvalue weighted by atomic mass is 32.1. The first kappa shape index (κ1) is 8.47. The Bertz CT molecular complexity index is 329. The van der Waals surface area contributed by atoms with Gasteiger partial charge < -0.3 is 5.32 Å². The van der Waals surface area contributed by atoms with Crippen molar-refractivity contribution in [3.8, 4) is 0 Å². The molecule has 1 aromatic rings. The van der Waals surface area contributed by atoms with E-state index in [4.69, 9.17) is 0 Å². The molecular formula is C9H10N2OS. The van der Waals surface area contributed by atoms with E-state index in [1.807, 2.05) is 23.6 Å². The molecule has 1 aliphatic heterocycles. The summed E-state index contributed by atoms with van der Waals surface area (Å²) in [4.78, 5) is 12.5. The molecule has 13 heavy (non-hydrogen) atoms. The van der Waals surface area contributed by atoms with Gasteiger partial charge >= 0.3 is 0 Å². The number of hydrogen-bond acceptors (Lipinski definition) is 4. The van der Waals surface area contributed by atoms with Crippen LogP contribution in [0.3, 0.4) is 0 Å². The summed E-state index contributed by atoms with van der Waals surface area (Å²) in [6.07, 6.45) is 1.88. The fraction of sp³-hybridized carbons (Fsp3) is 0.222. The lowest BCUT2D eigenvalue weighted by Gasteiger charge is -2.14. The maximum absolute atomic E-state index is 11.7. The number of allylic oxidation sites excluding steroid dienone is 1. The van der Waals surface area contributed by atoms with Crippen LogP contribution < -0.4 is 10.6 Å². The lowest BCUT2D eigenvalue weighted by Crippen LogP contribution is -2.36. The Hall–Kier alpha value is -1.13. The zero-order valence-corrected chi connectivity index (χ0v) is 7.86. The van der Waals surface area contributed by atoms with Gasteiger partial charge in [-0.1, -0.05) is 6.07 Å². The van der Waals surface area contributed by atoms with Crippen molar-refractivity contribution in [2.75, 3.05) is 13.2 Å². The molecule has 0 fully saturated rings. The number of hydrogen-bond donors (Lipinski definition) is 2. The molecular weight excluding hydrogens is 184 g/mol. The molecule has 0 saturated heterocycles. The lowest BCUT2D eigenvalue weighted by molar-refractivity contribution is 0.102. The molecule has 2 N–H and O–H groups in total. The smallest absolute Gasteiger partial charge is 0.218 e. The lowest BCUT2D eigenvalue weighted by atomic mass is 10.2. The second-order valence-corrected chi connectivity index (χ2v) is 3.68.